The first-order chi connectivity index (χ1) is 14.6. The Hall–Kier alpha value is -1.20. The van der Waals surface area contributed by atoms with Crippen LogP contribution in [0, 0.1) is 18.8 Å². The molecule has 2 aromatic rings. The molecule has 0 aliphatic carbocycles. The van der Waals surface area contributed by atoms with Gasteiger partial charge < -0.3 is 10.2 Å². The summed E-state index contributed by atoms with van der Waals surface area (Å²) in [6.07, 6.45) is 8.96. The van der Waals surface area contributed by atoms with Crippen molar-refractivity contribution in [3.63, 3.8) is 0 Å². The highest BCUT2D eigenvalue weighted by atomic mass is 127. The van der Waals surface area contributed by atoms with Gasteiger partial charge in [-0.05, 0) is 63.1 Å². The number of piperidine rings is 1. The second kappa shape index (κ2) is 11.6. The number of nitrogens with one attached hydrogen (secondary N) is 1. The molecule has 0 aromatic carbocycles. The third-order valence-corrected chi connectivity index (χ3v) is 7.21. The molecule has 4 rings (SSSR count). The minimum atomic E-state index is 0. The van der Waals surface area contributed by atoms with Crippen LogP contribution in [0.15, 0.2) is 22.8 Å². The summed E-state index contributed by atoms with van der Waals surface area (Å²) in [6, 6.07) is 0. The molecule has 2 saturated heterocycles. The number of halogens is 1. The Morgan fingerprint density at radius 3 is 2.65 bits per heavy atom. The topological polar surface area (TPSA) is 61.6 Å². The largest absolute Gasteiger partial charge is 0.356 e. The van der Waals surface area contributed by atoms with E-state index in [4.69, 9.17) is 0 Å². The summed E-state index contributed by atoms with van der Waals surface area (Å²) >= 11 is 1.75. The van der Waals surface area contributed by atoms with Crippen molar-refractivity contribution in [1.82, 2.24) is 29.9 Å². The molecule has 1 unspecified atom stereocenters. The fraction of sp³-hybridized carbons (Fsp3) is 0.682. The van der Waals surface area contributed by atoms with Crippen molar-refractivity contribution < 1.29 is 0 Å². The standard InChI is InChI=1S/C22H35N7S.HI/c1-17-26-21(16-30-17)15-28-7-4-18(5-8-28)11-24-22(23-2)29-9-6-19(14-29)10-20-12-25-27(3)13-20;/h12-13,16,18-19H,4-11,14-15H2,1-3H3,(H,23,24);1H. The zero-order valence-electron chi connectivity index (χ0n) is 19.0. The fourth-order valence-electron chi connectivity index (χ4n) is 4.73. The van der Waals surface area contributed by atoms with Gasteiger partial charge in [-0.2, -0.15) is 5.10 Å². The Labute approximate surface area is 207 Å². The van der Waals surface area contributed by atoms with Crippen LogP contribution in [0.2, 0.25) is 0 Å². The highest BCUT2D eigenvalue weighted by Gasteiger charge is 2.26. The lowest BCUT2D eigenvalue weighted by atomic mass is 9.97. The summed E-state index contributed by atoms with van der Waals surface area (Å²) in [7, 11) is 3.90. The average molecular weight is 558 g/mol. The van der Waals surface area contributed by atoms with Crippen molar-refractivity contribution in [2.75, 3.05) is 39.8 Å². The molecule has 0 amide bonds. The van der Waals surface area contributed by atoms with Gasteiger partial charge in [-0.15, -0.1) is 35.3 Å². The van der Waals surface area contributed by atoms with Gasteiger partial charge >= 0.3 is 0 Å². The molecular weight excluding hydrogens is 521 g/mol. The summed E-state index contributed by atoms with van der Waals surface area (Å²) in [5.74, 6) is 2.48. The van der Waals surface area contributed by atoms with E-state index in [-0.39, 0.29) is 24.0 Å². The molecule has 2 aromatic heterocycles. The maximum absolute atomic E-state index is 4.61. The normalized spacial score (nSPS) is 20.8. The molecule has 1 N–H and O–H groups in total. The van der Waals surface area contributed by atoms with Crippen LogP contribution in [0.3, 0.4) is 0 Å². The quantitative estimate of drug-likeness (QED) is 0.336. The first kappa shape index (κ1) is 24.4. The van der Waals surface area contributed by atoms with Gasteiger partial charge in [0.1, 0.15) is 0 Å². The first-order valence-corrected chi connectivity index (χ1v) is 12.0. The predicted molar refractivity (Wildman–Crippen MR) is 138 cm³/mol. The monoisotopic (exact) mass is 557 g/mol. The second-order valence-corrected chi connectivity index (χ2v) is 9.89. The van der Waals surface area contributed by atoms with Gasteiger partial charge in [0.2, 0.25) is 0 Å². The molecule has 1 atom stereocenters. The number of aromatic nitrogens is 3. The van der Waals surface area contributed by atoms with Crippen LogP contribution in [0.4, 0.5) is 0 Å². The van der Waals surface area contributed by atoms with E-state index in [1.165, 1.54) is 48.6 Å². The van der Waals surface area contributed by atoms with E-state index in [0.717, 1.165) is 44.5 Å². The molecule has 0 bridgehead atoms. The van der Waals surface area contributed by atoms with Crippen LogP contribution < -0.4 is 5.32 Å². The SMILES string of the molecule is CN=C(NCC1CCN(Cc2csc(C)n2)CC1)N1CCC(Cc2cnn(C)c2)C1.I. The van der Waals surface area contributed by atoms with Gasteiger partial charge in [-0.3, -0.25) is 14.6 Å². The molecule has 7 nitrogen and oxygen atoms in total. The Kier molecular flexibility index (Phi) is 9.15. The molecule has 9 heteroatoms. The van der Waals surface area contributed by atoms with Gasteiger partial charge in [0.05, 0.1) is 16.9 Å². The van der Waals surface area contributed by atoms with Gasteiger partial charge in [-0.1, -0.05) is 0 Å². The summed E-state index contributed by atoms with van der Waals surface area (Å²) in [5, 5.41) is 11.3. The van der Waals surface area contributed by atoms with Crippen LogP contribution in [0.25, 0.3) is 0 Å². The number of hydrogen-bond acceptors (Lipinski definition) is 5. The van der Waals surface area contributed by atoms with E-state index < -0.39 is 0 Å². The number of aryl methyl sites for hydroxylation is 2. The third kappa shape index (κ3) is 6.89. The van der Waals surface area contributed by atoms with E-state index in [2.05, 4.69) is 48.7 Å². The van der Waals surface area contributed by atoms with Gasteiger partial charge in [0.15, 0.2) is 5.96 Å². The molecule has 31 heavy (non-hydrogen) atoms. The molecule has 0 radical (unpaired) electrons. The number of nitrogens with zero attached hydrogens (tertiary/aromatic N) is 6. The van der Waals surface area contributed by atoms with Crippen molar-refractivity contribution in [1.29, 1.82) is 0 Å². The number of guanidine groups is 1. The maximum atomic E-state index is 4.61. The Morgan fingerprint density at radius 1 is 1.23 bits per heavy atom. The molecule has 172 valence electrons. The lowest BCUT2D eigenvalue weighted by molar-refractivity contribution is 0.176. The fourth-order valence-corrected chi connectivity index (χ4v) is 5.33. The third-order valence-electron chi connectivity index (χ3n) is 6.39. The number of hydrogen-bond donors (Lipinski definition) is 1. The molecular formula is C22H36IN7S. The van der Waals surface area contributed by atoms with E-state index in [1.54, 1.807) is 11.3 Å². The molecule has 0 spiro atoms. The predicted octanol–water partition coefficient (Wildman–Crippen LogP) is 3.16. The molecule has 0 saturated carbocycles. The van der Waals surface area contributed by atoms with Crippen LogP contribution in [-0.2, 0) is 20.0 Å². The average Bonchev–Trinajstić information content (AvgIpc) is 3.47. The minimum Gasteiger partial charge on any atom is -0.356 e. The number of rotatable bonds is 6. The van der Waals surface area contributed by atoms with E-state index in [0.29, 0.717) is 5.92 Å². The highest BCUT2D eigenvalue weighted by Crippen LogP contribution is 2.22. The van der Waals surface area contributed by atoms with E-state index in [1.807, 2.05) is 25.0 Å². The Morgan fingerprint density at radius 2 is 2.00 bits per heavy atom. The van der Waals surface area contributed by atoms with Crippen LogP contribution in [0.1, 0.15) is 35.5 Å². The van der Waals surface area contributed by atoms with Gasteiger partial charge in [-0.25, -0.2) is 4.98 Å². The second-order valence-electron chi connectivity index (χ2n) is 8.83. The summed E-state index contributed by atoms with van der Waals surface area (Å²) < 4.78 is 1.89. The van der Waals surface area contributed by atoms with Crippen molar-refractivity contribution in [3.05, 3.63) is 34.0 Å². The molecule has 2 aliphatic heterocycles. The molecule has 2 aliphatic rings. The number of likely N-dealkylation sites (tertiary alicyclic amines) is 2. The summed E-state index contributed by atoms with van der Waals surface area (Å²) in [6.45, 7) is 8.62. The summed E-state index contributed by atoms with van der Waals surface area (Å²) in [4.78, 5) is 14.2. The number of aliphatic imine (C=N–C) groups is 1. The van der Waals surface area contributed by atoms with E-state index >= 15 is 0 Å². The summed E-state index contributed by atoms with van der Waals surface area (Å²) in [5.41, 5.74) is 2.57. The number of thiazole rings is 1. The first-order valence-electron chi connectivity index (χ1n) is 11.2. The Balaban J connectivity index is 0.00000272. The van der Waals surface area contributed by atoms with E-state index in [9.17, 15) is 0 Å². The van der Waals surface area contributed by atoms with Crippen LogP contribution in [-0.4, -0.2) is 70.3 Å². The molecule has 4 heterocycles. The van der Waals surface area contributed by atoms with Crippen molar-refractivity contribution in [2.45, 2.75) is 39.2 Å². The van der Waals surface area contributed by atoms with Gasteiger partial charge in [0.25, 0.3) is 0 Å². The minimum absolute atomic E-state index is 0. The lowest BCUT2D eigenvalue weighted by Gasteiger charge is -2.32. The Bertz CT molecular complexity index is 841. The maximum Gasteiger partial charge on any atom is 0.193 e. The van der Waals surface area contributed by atoms with Crippen molar-refractivity contribution in [2.24, 2.45) is 23.9 Å². The lowest BCUT2D eigenvalue weighted by Crippen LogP contribution is -2.44. The van der Waals surface area contributed by atoms with Crippen molar-refractivity contribution in [3.8, 4) is 0 Å². The van der Waals surface area contributed by atoms with Crippen LogP contribution >= 0.6 is 35.3 Å². The van der Waals surface area contributed by atoms with Crippen LogP contribution in [0.5, 0.6) is 0 Å². The van der Waals surface area contributed by atoms with Crippen molar-refractivity contribution >= 4 is 41.3 Å². The smallest absolute Gasteiger partial charge is 0.193 e. The highest BCUT2D eigenvalue weighted by molar-refractivity contribution is 14.0. The van der Waals surface area contributed by atoms with Gasteiger partial charge in [0, 0.05) is 51.9 Å². The zero-order chi connectivity index (χ0) is 20.9. The zero-order valence-corrected chi connectivity index (χ0v) is 22.1. The molecule has 2 fully saturated rings.